The average Bonchev–Trinajstić information content (AvgIpc) is 2.55. The highest BCUT2D eigenvalue weighted by molar-refractivity contribution is 5.66. The number of furan rings is 1. The topological polar surface area (TPSA) is 62.5 Å². The summed E-state index contributed by atoms with van der Waals surface area (Å²) in [5.74, 6) is 0.0320. The van der Waals surface area contributed by atoms with Crippen molar-refractivity contribution in [2.45, 2.75) is 19.4 Å². The lowest BCUT2D eigenvalue weighted by Crippen LogP contribution is -2.21. The van der Waals surface area contributed by atoms with Crippen molar-refractivity contribution < 1.29 is 14.3 Å². The molecule has 13 heavy (non-hydrogen) atoms. The van der Waals surface area contributed by atoms with E-state index in [1.54, 1.807) is 6.26 Å². The van der Waals surface area contributed by atoms with Crippen molar-refractivity contribution in [1.82, 2.24) is 5.32 Å². The summed E-state index contributed by atoms with van der Waals surface area (Å²) in [7, 11) is 0. The second-order valence-electron chi connectivity index (χ2n) is 2.83. The first-order valence-corrected chi connectivity index (χ1v) is 4.18. The van der Waals surface area contributed by atoms with Gasteiger partial charge in [0.05, 0.1) is 18.7 Å². The standard InChI is InChI=1S/C9H13NO3/c1-7(8-3-2-6-13-8)10-5-4-9(11)12/h2-3,6-7,10H,4-5H2,1H3,(H,11,12)/t7-/m1/s1. The summed E-state index contributed by atoms with van der Waals surface area (Å²) >= 11 is 0. The predicted molar refractivity (Wildman–Crippen MR) is 47.4 cm³/mol. The molecule has 1 aromatic heterocycles. The molecule has 0 aliphatic carbocycles. The fraction of sp³-hybridized carbons (Fsp3) is 0.444. The molecule has 1 heterocycles. The molecule has 0 aliphatic rings. The van der Waals surface area contributed by atoms with Gasteiger partial charge in [-0.25, -0.2) is 0 Å². The fourth-order valence-corrected chi connectivity index (χ4v) is 1.03. The van der Waals surface area contributed by atoms with E-state index in [0.29, 0.717) is 6.54 Å². The molecule has 2 N–H and O–H groups in total. The molecule has 0 saturated carbocycles. The third-order valence-corrected chi connectivity index (χ3v) is 1.76. The van der Waals surface area contributed by atoms with E-state index < -0.39 is 5.97 Å². The largest absolute Gasteiger partial charge is 0.481 e. The number of carbonyl (C=O) groups is 1. The van der Waals surface area contributed by atoms with Crippen LogP contribution in [0.2, 0.25) is 0 Å². The van der Waals surface area contributed by atoms with Crippen molar-refractivity contribution in [3.63, 3.8) is 0 Å². The Morgan fingerprint density at radius 1 is 1.77 bits per heavy atom. The van der Waals surface area contributed by atoms with Crippen LogP contribution in [0.15, 0.2) is 22.8 Å². The third kappa shape index (κ3) is 3.29. The van der Waals surface area contributed by atoms with Gasteiger partial charge in [0.25, 0.3) is 0 Å². The maximum Gasteiger partial charge on any atom is 0.304 e. The highest BCUT2D eigenvalue weighted by Crippen LogP contribution is 2.11. The second-order valence-corrected chi connectivity index (χ2v) is 2.83. The van der Waals surface area contributed by atoms with Crippen molar-refractivity contribution in [3.8, 4) is 0 Å². The first kappa shape index (κ1) is 9.80. The van der Waals surface area contributed by atoms with E-state index in [9.17, 15) is 4.79 Å². The Bertz CT molecular complexity index is 256. The molecule has 4 heteroatoms. The summed E-state index contributed by atoms with van der Waals surface area (Å²) in [6.07, 6.45) is 1.73. The molecule has 0 aromatic carbocycles. The van der Waals surface area contributed by atoms with Crippen LogP contribution in [0.3, 0.4) is 0 Å². The lowest BCUT2D eigenvalue weighted by molar-refractivity contribution is -0.136. The van der Waals surface area contributed by atoms with Crippen LogP contribution < -0.4 is 5.32 Å². The van der Waals surface area contributed by atoms with Crippen LogP contribution in [0.1, 0.15) is 25.1 Å². The summed E-state index contributed by atoms with van der Waals surface area (Å²) in [5.41, 5.74) is 0. The monoisotopic (exact) mass is 183 g/mol. The van der Waals surface area contributed by atoms with E-state index in [4.69, 9.17) is 9.52 Å². The maximum atomic E-state index is 10.2. The van der Waals surface area contributed by atoms with Crippen molar-refractivity contribution in [2.24, 2.45) is 0 Å². The summed E-state index contributed by atoms with van der Waals surface area (Å²) in [6, 6.07) is 3.73. The molecule has 0 radical (unpaired) electrons. The van der Waals surface area contributed by atoms with Crippen molar-refractivity contribution in [1.29, 1.82) is 0 Å². The van der Waals surface area contributed by atoms with Crippen LogP contribution >= 0.6 is 0 Å². The lowest BCUT2D eigenvalue weighted by Gasteiger charge is -2.09. The van der Waals surface area contributed by atoms with Gasteiger partial charge in [0.15, 0.2) is 0 Å². The molecule has 1 rings (SSSR count). The zero-order chi connectivity index (χ0) is 9.68. The molecular formula is C9H13NO3. The van der Waals surface area contributed by atoms with Gasteiger partial charge in [-0.2, -0.15) is 0 Å². The van der Waals surface area contributed by atoms with Gasteiger partial charge >= 0.3 is 5.97 Å². The zero-order valence-corrected chi connectivity index (χ0v) is 7.49. The Kier molecular flexibility index (Phi) is 3.52. The molecule has 0 unspecified atom stereocenters. The minimum Gasteiger partial charge on any atom is -0.481 e. The number of hydrogen-bond donors (Lipinski definition) is 2. The molecular weight excluding hydrogens is 170 g/mol. The average molecular weight is 183 g/mol. The zero-order valence-electron chi connectivity index (χ0n) is 7.49. The highest BCUT2D eigenvalue weighted by Gasteiger charge is 2.07. The highest BCUT2D eigenvalue weighted by atomic mass is 16.4. The SMILES string of the molecule is C[C@@H](NCCC(=O)O)c1ccco1. The van der Waals surface area contributed by atoms with E-state index >= 15 is 0 Å². The molecule has 0 saturated heterocycles. The minimum atomic E-state index is -0.792. The van der Waals surface area contributed by atoms with Gasteiger partial charge in [0.1, 0.15) is 5.76 Å². The molecule has 0 bridgehead atoms. The van der Waals surface area contributed by atoms with Gasteiger partial charge in [0.2, 0.25) is 0 Å². The molecule has 0 fully saturated rings. The molecule has 0 spiro atoms. The van der Waals surface area contributed by atoms with Gasteiger partial charge in [-0.05, 0) is 19.1 Å². The summed E-state index contributed by atoms with van der Waals surface area (Å²) < 4.78 is 5.14. The Morgan fingerprint density at radius 2 is 2.54 bits per heavy atom. The van der Waals surface area contributed by atoms with E-state index in [-0.39, 0.29) is 12.5 Å². The van der Waals surface area contributed by atoms with E-state index in [1.165, 1.54) is 0 Å². The van der Waals surface area contributed by atoms with Crippen LogP contribution in [-0.2, 0) is 4.79 Å². The van der Waals surface area contributed by atoms with Gasteiger partial charge in [0, 0.05) is 6.54 Å². The molecule has 1 aromatic rings. The number of aliphatic carboxylic acids is 1. The minimum absolute atomic E-state index is 0.0642. The molecule has 0 amide bonds. The molecule has 72 valence electrons. The predicted octanol–water partition coefficient (Wildman–Crippen LogP) is 1.40. The lowest BCUT2D eigenvalue weighted by atomic mass is 10.2. The van der Waals surface area contributed by atoms with Gasteiger partial charge in [-0.15, -0.1) is 0 Å². The van der Waals surface area contributed by atoms with E-state index in [0.717, 1.165) is 5.76 Å². The first-order chi connectivity index (χ1) is 6.20. The number of hydrogen-bond acceptors (Lipinski definition) is 3. The molecule has 4 nitrogen and oxygen atoms in total. The second kappa shape index (κ2) is 4.67. The van der Waals surface area contributed by atoms with Crippen LogP contribution in [0, 0.1) is 0 Å². The normalized spacial score (nSPS) is 12.7. The Balaban J connectivity index is 2.26. The van der Waals surface area contributed by atoms with Gasteiger partial charge < -0.3 is 14.8 Å². The fourth-order valence-electron chi connectivity index (χ4n) is 1.03. The van der Waals surface area contributed by atoms with Crippen LogP contribution in [0.5, 0.6) is 0 Å². The van der Waals surface area contributed by atoms with Crippen molar-refractivity contribution >= 4 is 5.97 Å². The van der Waals surface area contributed by atoms with E-state index in [2.05, 4.69) is 5.32 Å². The van der Waals surface area contributed by atoms with Crippen molar-refractivity contribution in [3.05, 3.63) is 24.2 Å². The summed E-state index contributed by atoms with van der Waals surface area (Å²) in [5, 5.41) is 11.4. The van der Waals surface area contributed by atoms with Crippen molar-refractivity contribution in [2.75, 3.05) is 6.54 Å². The van der Waals surface area contributed by atoms with Crippen LogP contribution in [-0.4, -0.2) is 17.6 Å². The summed E-state index contributed by atoms with van der Waals surface area (Å²) in [6.45, 7) is 2.39. The van der Waals surface area contributed by atoms with E-state index in [1.807, 2.05) is 19.1 Å². The Hall–Kier alpha value is -1.29. The maximum absolute atomic E-state index is 10.2. The quantitative estimate of drug-likeness (QED) is 0.724. The number of nitrogens with one attached hydrogen (secondary N) is 1. The summed E-state index contributed by atoms with van der Waals surface area (Å²) in [4.78, 5) is 10.2. The Labute approximate surface area is 76.6 Å². The molecule has 1 atom stereocenters. The van der Waals surface area contributed by atoms with Gasteiger partial charge in [-0.1, -0.05) is 0 Å². The third-order valence-electron chi connectivity index (χ3n) is 1.76. The number of carboxylic acids is 1. The number of rotatable bonds is 5. The molecule has 0 aliphatic heterocycles. The van der Waals surface area contributed by atoms with Crippen LogP contribution in [0.25, 0.3) is 0 Å². The smallest absolute Gasteiger partial charge is 0.304 e. The van der Waals surface area contributed by atoms with Gasteiger partial charge in [-0.3, -0.25) is 4.79 Å². The number of carboxylic acid groups (broad SMARTS) is 1. The first-order valence-electron chi connectivity index (χ1n) is 4.18. The Morgan fingerprint density at radius 3 is 3.08 bits per heavy atom. The van der Waals surface area contributed by atoms with Crippen LogP contribution in [0.4, 0.5) is 0 Å².